The molecule has 0 aliphatic rings. The number of nitrogens with zero attached hydrogens (tertiary/aromatic N) is 4. The Balaban J connectivity index is 1.66. The van der Waals surface area contributed by atoms with Crippen molar-refractivity contribution in [3.8, 4) is 34.1 Å². The normalized spacial score (nSPS) is 12.1. The predicted octanol–water partition coefficient (Wildman–Crippen LogP) is 3.74. The van der Waals surface area contributed by atoms with Crippen LogP contribution in [-0.2, 0) is 18.0 Å². The van der Waals surface area contributed by atoms with E-state index in [-0.39, 0.29) is 28.6 Å². The minimum atomic E-state index is -4.53. The number of amides is 2. The highest BCUT2D eigenvalue weighted by molar-refractivity contribution is 5.92. The van der Waals surface area contributed by atoms with E-state index in [0.717, 1.165) is 12.1 Å². The van der Waals surface area contributed by atoms with Gasteiger partial charge in [0.2, 0.25) is 5.91 Å². The van der Waals surface area contributed by atoms with Gasteiger partial charge in [0, 0.05) is 30.4 Å². The second-order valence-corrected chi connectivity index (χ2v) is 8.27. The van der Waals surface area contributed by atoms with E-state index < -0.39 is 29.6 Å². The van der Waals surface area contributed by atoms with E-state index in [1.165, 1.54) is 29.9 Å². The summed E-state index contributed by atoms with van der Waals surface area (Å²) in [5.41, 5.74) is 10.9. The molecule has 4 rings (SSSR count). The molecule has 2 heterocycles. The van der Waals surface area contributed by atoms with Crippen LogP contribution in [0.4, 0.5) is 19.0 Å². The van der Waals surface area contributed by atoms with Crippen molar-refractivity contribution in [2.75, 3.05) is 5.32 Å². The molecule has 1 unspecified atom stereocenters. The first-order valence-electron chi connectivity index (χ1n) is 11.1. The van der Waals surface area contributed by atoms with Gasteiger partial charge in [0.05, 0.1) is 11.3 Å². The van der Waals surface area contributed by atoms with Crippen LogP contribution in [0.25, 0.3) is 22.6 Å². The van der Waals surface area contributed by atoms with Crippen LogP contribution in [-0.4, -0.2) is 37.6 Å². The number of benzene rings is 2. The van der Waals surface area contributed by atoms with Crippen molar-refractivity contribution in [1.82, 2.24) is 19.7 Å². The molecule has 196 valence electrons. The summed E-state index contributed by atoms with van der Waals surface area (Å²) in [4.78, 5) is 31.6. The molecule has 38 heavy (non-hydrogen) atoms. The third kappa shape index (κ3) is 5.72. The molecular weight excluding hydrogens is 503 g/mol. The number of nitrogens with one attached hydrogen (secondary N) is 1. The number of halogens is 3. The molecule has 0 saturated carbocycles. The van der Waals surface area contributed by atoms with Crippen LogP contribution in [0.2, 0.25) is 0 Å². The average molecular weight is 525 g/mol. The molecule has 4 aromatic rings. The molecule has 0 bridgehead atoms. The highest BCUT2D eigenvalue weighted by Crippen LogP contribution is 2.39. The Morgan fingerprint density at radius 1 is 1.03 bits per heavy atom. The number of carbonyl (C=O) groups excluding carboxylic acids is 2. The number of nitrogens with two attached hydrogens (primary N) is 2. The first kappa shape index (κ1) is 26.1. The van der Waals surface area contributed by atoms with Crippen molar-refractivity contribution < 1.29 is 27.5 Å². The molecule has 0 spiro atoms. The van der Waals surface area contributed by atoms with E-state index in [9.17, 15) is 22.8 Å². The van der Waals surface area contributed by atoms with Gasteiger partial charge in [-0.25, -0.2) is 9.97 Å². The Kier molecular flexibility index (Phi) is 7.02. The van der Waals surface area contributed by atoms with E-state index in [1.807, 2.05) is 0 Å². The van der Waals surface area contributed by atoms with E-state index in [4.69, 9.17) is 16.2 Å². The minimum Gasteiger partial charge on any atom is -0.457 e. The van der Waals surface area contributed by atoms with Gasteiger partial charge in [-0.2, -0.15) is 18.3 Å². The van der Waals surface area contributed by atoms with Gasteiger partial charge in [0.1, 0.15) is 29.1 Å². The quantitative estimate of drug-likeness (QED) is 0.317. The Bertz CT molecular complexity index is 1500. The van der Waals surface area contributed by atoms with Gasteiger partial charge in [0.15, 0.2) is 5.82 Å². The molecule has 1 atom stereocenters. The number of primary amides is 2. The summed E-state index contributed by atoms with van der Waals surface area (Å²) in [5, 5.41) is 6.82. The molecule has 2 aromatic heterocycles. The van der Waals surface area contributed by atoms with Crippen molar-refractivity contribution in [2.24, 2.45) is 18.5 Å². The molecular formula is C25H22F3N7O3. The standard InChI is InChI=1S/C25H22F3N7O3/c1-13(22(29)36)32-21-12-18(23(30)37)33-24(34-21)14-3-6-16(7-4-14)38-20-8-5-15(25(26,27)28)11-17(20)19-9-10-31-35(19)2/h3-13H,1-2H3,(H2,29,36)(H2,30,37)(H,32,33,34). The van der Waals surface area contributed by atoms with Crippen LogP contribution < -0.4 is 21.5 Å². The molecule has 0 fully saturated rings. The third-order valence-electron chi connectivity index (χ3n) is 5.51. The van der Waals surface area contributed by atoms with Gasteiger partial charge in [-0.1, -0.05) is 0 Å². The summed E-state index contributed by atoms with van der Waals surface area (Å²) >= 11 is 0. The largest absolute Gasteiger partial charge is 0.457 e. The summed E-state index contributed by atoms with van der Waals surface area (Å²) < 4.78 is 47.4. The summed E-state index contributed by atoms with van der Waals surface area (Å²) in [6, 6.07) is 11.6. The van der Waals surface area contributed by atoms with E-state index in [2.05, 4.69) is 20.4 Å². The van der Waals surface area contributed by atoms with Crippen molar-refractivity contribution in [1.29, 1.82) is 0 Å². The van der Waals surface area contributed by atoms with E-state index in [0.29, 0.717) is 17.0 Å². The average Bonchev–Trinajstić information content (AvgIpc) is 3.29. The molecule has 0 aliphatic carbocycles. The molecule has 0 aliphatic heterocycles. The number of rotatable bonds is 8. The van der Waals surface area contributed by atoms with Gasteiger partial charge in [-0.05, 0) is 55.5 Å². The van der Waals surface area contributed by atoms with Gasteiger partial charge in [-0.3, -0.25) is 14.3 Å². The first-order valence-corrected chi connectivity index (χ1v) is 11.1. The Morgan fingerprint density at radius 2 is 1.74 bits per heavy atom. The van der Waals surface area contributed by atoms with Crippen molar-refractivity contribution in [2.45, 2.75) is 19.1 Å². The number of hydrogen-bond donors (Lipinski definition) is 3. The smallest absolute Gasteiger partial charge is 0.416 e. The molecule has 13 heteroatoms. The maximum atomic E-state index is 13.4. The molecule has 10 nitrogen and oxygen atoms in total. The fourth-order valence-corrected chi connectivity index (χ4v) is 3.50. The number of aromatic nitrogens is 4. The summed E-state index contributed by atoms with van der Waals surface area (Å²) in [6.45, 7) is 1.53. The van der Waals surface area contributed by atoms with Crippen molar-refractivity contribution >= 4 is 17.6 Å². The number of anilines is 1. The van der Waals surface area contributed by atoms with Gasteiger partial charge >= 0.3 is 6.18 Å². The third-order valence-corrected chi connectivity index (χ3v) is 5.51. The zero-order chi connectivity index (χ0) is 27.6. The zero-order valence-corrected chi connectivity index (χ0v) is 20.2. The molecule has 2 aromatic carbocycles. The van der Waals surface area contributed by atoms with Crippen LogP contribution in [0.5, 0.6) is 11.5 Å². The lowest BCUT2D eigenvalue weighted by Crippen LogP contribution is -2.33. The highest BCUT2D eigenvalue weighted by atomic mass is 19.4. The Hall–Kier alpha value is -4.94. The molecule has 0 saturated heterocycles. The molecule has 0 radical (unpaired) electrons. The first-order chi connectivity index (χ1) is 17.9. The van der Waals surface area contributed by atoms with Crippen LogP contribution in [0.3, 0.4) is 0 Å². The van der Waals surface area contributed by atoms with Gasteiger partial charge in [-0.15, -0.1) is 0 Å². The second kappa shape index (κ2) is 10.2. The lowest BCUT2D eigenvalue weighted by atomic mass is 10.1. The fraction of sp³-hybridized carbons (Fsp3) is 0.160. The van der Waals surface area contributed by atoms with Gasteiger partial charge < -0.3 is 21.5 Å². The van der Waals surface area contributed by atoms with Gasteiger partial charge in [0.25, 0.3) is 5.91 Å². The number of aryl methyl sites for hydroxylation is 1. The van der Waals surface area contributed by atoms with Crippen LogP contribution in [0.15, 0.2) is 60.8 Å². The number of hydrogen-bond acceptors (Lipinski definition) is 7. The van der Waals surface area contributed by atoms with Crippen molar-refractivity contribution in [3.05, 3.63) is 72.1 Å². The lowest BCUT2D eigenvalue weighted by molar-refractivity contribution is -0.137. The number of alkyl halides is 3. The van der Waals surface area contributed by atoms with E-state index in [1.54, 1.807) is 37.4 Å². The van der Waals surface area contributed by atoms with Crippen LogP contribution >= 0.6 is 0 Å². The lowest BCUT2D eigenvalue weighted by Gasteiger charge is -2.15. The van der Waals surface area contributed by atoms with Crippen LogP contribution in [0, 0.1) is 0 Å². The number of ether oxygens (including phenoxy) is 1. The fourth-order valence-electron chi connectivity index (χ4n) is 3.50. The maximum Gasteiger partial charge on any atom is 0.416 e. The second-order valence-electron chi connectivity index (χ2n) is 8.27. The zero-order valence-electron chi connectivity index (χ0n) is 20.2. The molecule has 2 amide bonds. The van der Waals surface area contributed by atoms with Crippen molar-refractivity contribution in [3.63, 3.8) is 0 Å². The van der Waals surface area contributed by atoms with Crippen LogP contribution in [0.1, 0.15) is 23.0 Å². The Morgan fingerprint density at radius 3 is 2.32 bits per heavy atom. The SMILES string of the molecule is CC(Nc1cc(C(N)=O)nc(-c2ccc(Oc3ccc(C(F)(F)F)cc3-c3ccnn3C)cc2)n1)C(N)=O. The number of carbonyl (C=O) groups is 2. The molecule has 5 N–H and O–H groups in total. The summed E-state index contributed by atoms with van der Waals surface area (Å²) in [7, 11) is 1.61. The summed E-state index contributed by atoms with van der Waals surface area (Å²) in [6.07, 6.45) is -3.06. The monoisotopic (exact) mass is 525 g/mol. The minimum absolute atomic E-state index is 0.0833. The highest BCUT2D eigenvalue weighted by Gasteiger charge is 2.31. The summed E-state index contributed by atoms with van der Waals surface area (Å²) in [5.74, 6) is -0.607. The predicted molar refractivity (Wildman–Crippen MR) is 132 cm³/mol. The topological polar surface area (TPSA) is 151 Å². The maximum absolute atomic E-state index is 13.4. The Labute approximate surface area is 214 Å². The van der Waals surface area contributed by atoms with E-state index >= 15 is 0 Å².